The van der Waals surface area contributed by atoms with E-state index in [2.05, 4.69) is 35.6 Å². The van der Waals surface area contributed by atoms with Gasteiger partial charge in [0.1, 0.15) is 0 Å². The molecule has 0 bridgehead atoms. The van der Waals surface area contributed by atoms with Crippen LogP contribution in [0.25, 0.3) is 0 Å². The summed E-state index contributed by atoms with van der Waals surface area (Å²) >= 11 is 4.18. The molecule has 0 radical (unpaired) electrons. The van der Waals surface area contributed by atoms with Crippen LogP contribution >= 0.6 is 22.5 Å². The number of thiol groups is 1. The Morgan fingerprint density at radius 1 is 1.33 bits per heavy atom. The van der Waals surface area contributed by atoms with Gasteiger partial charge in [-0.1, -0.05) is 10.8 Å². The summed E-state index contributed by atoms with van der Waals surface area (Å²) in [7, 11) is 5.99. The molecule has 0 amide bonds. The van der Waals surface area contributed by atoms with Crippen LogP contribution < -0.4 is 0 Å². The molecule has 0 N–H and O–H groups in total. The van der Waals surface area contributed by atoms with Crippen LogP contribution in [-0.4, -0.2) is 55.8 Å². The average Bonchev–Trinajstić information content (AvgIpc) is 2.25. The number of likely N-dealkylation sites (tertiary alicyclic amines) is 1. The van der Waals surface area contributed by atoms with E-state index in [1.54, 1.807) is 10.8 Å². The Balaban J connectivity index is 2.07. The van der Waals surface area contributed by atoms with Crippen molar-refractivity contribution in [1.82, 2.24) is 9.80 Å². The summed E-state index contributed by atoms with van der Waals surface area (Å²) in [5.74, 6) is 2.12. The van der Waals surface area contributed by atoms with Gasteiger partial charge < -0.3 is 9.80 Å². The van der Waals surface area contributed by atoms with Gasteiger partial charge in [-0.3, -0.25) is 0 Å². The van der Waals surface area contributed by atoms with Crippen LogP contribution in [0, 0.1) is 5.92 Å². The topological polar surface area (TPSA) is 6.48 Å². The largest absolute Gasteiger partial charge is 0.309 e. The average molecular weight is 248 g/mol. The molecule has 0 atom stereocenters. The van der Waals surface area contributed by atoms with Gasteiger partial charge >= 0.3 is 0 Å². The van der Waals surface area contributed by atoms with E-state index < -0.39 is 0 Å². The van der Waals surface area contributed by atoms with Crippen molar-refractivity contribution in [1.29, 1.82) is 0 Å². The normalized spacial score (nSPS) is 20.0. The lowest BCUT2D eigenvalue weighted by Gasteiger charge is -2.32. The van der Waals surface area contributed by atoms with Gasteiger partial charge in [0.2, 0.25) is 0 Å². The predicted octanol–water partition coefficient (Wildman–Crippen LogP) is 2.23. The van der Waals surface area contributed by atoms with Crippen molar-refractivity contribution in [2.45, 2.75) is 19.3 Å². The zero-order valence-corrected chi connectivity index (χ0v) is 11.7. The summed E-state index contributed by atoms with van der Waals surface area (Å²) in [6, 6.07) is 0. The molecular weight excluding hydrogens is 224 g/mol. The van der Waals surface area contributed by atoms with Crippen molar-refractivity contribution in [2.75, 3.05) is 46.0 Å². The Kier molecular flexibility index (Phi) is 7.14. The summed E-state index contributed by atoms with van der Waals surface area (Å²) in [5, 5.41) is 0. The van der Waals surface area contributed by atoms with Crippen LogP contribution in [0.3, 0.4) is 0 Å². The summed E-state index contributed by atoms with van der Waals surface area (Å²) in [5.41, 5.74) is 0. The van der Waals surface area contributed by atoms with Crippen LogP contribution in [0.5, 0.6) is 0 Å². The van der Waals surface area contributed by atoms with Gasteiger partial charge in [0.15, 0.2) is 0 Å². The maximum atomic E-state index is 4.18. The number of nitrogens with zero attached hydrogens (tertiary/aromatic N) is 2. The Morgan fingerprint density at radius 3 is 2.53 bits per heavy atom. The lowest BCUT2D eigenvalue weighted by molar-refractivity contribution is 0.180. The molecule has 0 aromatic heterocycles. The van der Waals surface area contributed by atoms with Gasteiger partial charge in [-0.15, -0.1) is 11.7 Å². The maximum Gasteiger partial charge on any atom is 0.0162 e. The molecule has 1 rings (SSSR count). The van der Waals surface area contributed by atoms with E-state index in [-0.39, 0.29) is 0 Å². The SMILES string of the molecule is CN(C)CCC1CCN(CCSS)CC1. The number of hydrogen-bond donors (Lipinski definition) is 1. The van der Waals surface area contributed by atoms with Crippen molar-refractivity contribution in [2.24, 2.45) is 5.92 Å². The van der Waals surface area contributed by atoms with Crippen LogP contribution in [-0.2, 0) is 0 Å². The highest BCUT2D eigenvalue weighted by Gasteiger charge is 2.18. The molecule has 15 heavy (non-hydrogen) atoms. The standard InChI is InChI=1S/C11H24N2S2/c1-12(2)6-3-11-4-7-13(8-5-11)9-10-15-14/h11,14H,3-10H2,1-2H3. The highest BCUT2D eigenvalue weighted by molar-refractivity contribution is 8.68. The molecular formula is C11H24N2S2. The van der Waals surface area contributed by atoms with Crippen molar-refractivity contribution in [3.05, 3.63) is 0 Å². The highest BCUT2D eigenvalue weighted by Crippen LogP contribution is 2.20. The molecule has 0 saturated carbocycles. The van der Waals surface area contributed by atoms with E-state index in [9.17, 15) is 0 Å². The molecule has 0 unspecified atom stereocenters. The fraction of sp³-hybridized carbons (Fsp3) is 1.00. The number of hydrogen-bond acceptors (Lipinski definition) is 4. The van der Waals surface area contributed by atoms with E-state index in [4.69, 9.17) is 0 Å². The fourth-order valence-electron chi connectivity index (χ4n) is 2.11. The van der Waals surface area contributed by atoms with Crippen molar-refractivity contribution < 1.29 is 0 Å². The second-order valence-electron chi connectivity index (χ2n) is 4.71. The number of piperidine rings is 1. The van der Waals surface area contributed by atoms with Crippen LogP contribution in [0.1, 0.15) is 19.3 Å². The Hall–Kier alpha value is 0.620. The maximum absolute atomic E-state index is 4.18. The fourth-order valence-corrected chi connectivity index (χ4v) is 2.69. The van der Waals surface area contributed by atoms with E-state index >= 15 is 0 Å². The monoisotopic (exact) mass is 248 g/mol. The molecule has 2 nitrogen and oxygen atoms in total. The Bertz CT molecular complexity index is 157. The second kappa shape index (κ2) is 7.82. The zero-order chi connectivity index (χ0) is 11.1. The minimum atomic E-state index is 0.965. The Labute approximate surface area is 104 Å². The predicted molar refractivity (Wildman–Crippen MR) is 73.8 cm³/mol. The second-order valence-corrected chi connectivity index (χ2v) is 6.15. The molecule has 1 aliphatic rings. The lowest BCUT2D eigenvalue weighted by atomic mass is 9.93. The zero-order valence-electron chi connectivity index (χ0n) is 9.98. The molecule has 0 aromatic carbocycles. The van der Waals surface area contributed by atoms with Gasteiger partial charge in [0.25, 0.3) is 0 Å². The van der Waals surface area contributed by atoms with Crippen molar-refractivity contribution in [3.8, 4) is 0 Å². The van der Waals surface area contributed by atoms with Gasteiger partial charge in [0.05, 0.1) is 0 Å². The minimum Gasteiger partial charge on any atom is -0.309 e. The first-order valence-electron chi connectivity index (χ1n) is 5.86. The van der Waals surface area contributed by atoms with Crippen molar-refractivity contribution >= 4 is 22.5 Å². The van der Waals surface area contributed by atoms with Gasteiger partial charge in [-0.25, -0.2) is 0 Å². The summed E-state index contributed by atoms with van der Waals surface area (Å²) < 4.78 is 0. The lowest BCUT2D eigenvalue weighted by Crippen LogP contribution is -2.35. The van der Waals surface area contributed by atoms with E-state index in [0.29, 0.717) is 0 Å². The molecule has 0 aliphatic carbocycles. The quantitative estimate of drug-likeness (QED) is 0.569. The number of rotatable bonds is 6. The van der Waals surface area contributed by atoms with Crippen LogP contribution in [0.4, 0.5) is 0 Å². The van der Waals surface area contributed by atoms with E-state index in [1.807, 2.05) is 0 Å². The third-order valence-electron chi connectivity index (χ3n) is 3.19. The summed E-state index contributed by atoms with van der Waals surface area (Å²) in [6.45, 7) is 5.06. The molecule has 1 heterocycles. The highest BCUT2D eigenvalue weighted by atomic mass is 33.1. The Morgan fingerprint density at radius 2 is 2.00 bits per heavy atom. The molecule has 4 heteroatoms. The first-order chi connectivity index (χ1) is 7.22. The van der Waals surface area contributed by atoms with Crippen molar-refractivity contribution in [3.63, 3.8) is 0 Å². The van der Waals surface area contributed by atoms with Crippen LogP contribution in [0.15, 0.2) is 0 Å². The summed E-state index contributed by atoms with van der Waals surface area (Å²) in [4.78, 5) is 4.87. The molecule has 0 aromatic rings. The molecule has 1 aliphatic heterocycles. The molecule has 1 fully saturated rings. The molecule has 0 spiro atoms. The molecule has 90 valence electrons. The first-order valence-corrected chi connectivity index (χ1v) is 7.89. The first kappa shape index (κ1) is 13.7. The van der Waals surface area contributed by atoms with E-state index in [1.165, 1.54) is 45.4 Å². The van der Waals surface area contributed by atoms with Gasteiger partial charge in [-0.05, 0) is 58.9 Å². The van der Waals surface area contributed by atoms with Gasteiger partial charge in [-0.2, -0.15) is 0 Å². The third kappa shape index (κ3) is 6.05. The minimum absolute atomic E-state index is 0.965. The third-order valence-corrected chi connectivity index (χ3v) is 4.10. The van der Waals surface area contributed by atoms with Crippen LogP contribution in [0.2, 0.25) is 0 Å². The molecule has 1 saturated heterocycles. The van der Waals surface area contributed by atoms with Gasteiger partial charge in [0, 0.05) is 12.3 Å². The summed E-state index contributed by atoms with van der Waals surface area (Å²) in [6.07, 6.45) is 4.16. The smallest absolute Gasteiger partial charge is 0.0162 e. The van der Waals surface area contributed by atoms with E-state index in [0.717, 1.165) is 11.7 Å².